The Morgan fingerprint density at radius 1 is 1.04 bits per heavy atom. The van der Waals surface area contributed by atoms with Crippen molar-refractivity contribution in [3.05, 3.63) is 41.5 Å². The molecule has 0 bridgehead atoms. The van der Waals surface area contributed by atoms with E-state index in [1.54, 1.807) is 11.1 Å². The van der Waals surface area contributed by atoms with Gasteiger partial charge < -0.3 is 11.5 Å². The fourth-order valence-corrected chi connectivity index (χ4v) is 3.64. The molecule has 1 fully saturated rings. The number of thiocarbonyl (C=S) groups is 1. The Balaban J connectivity index is 0.000000241. The van der Waals surface area contributed by atoms with Crippen LogP contribution in [0.2, 0.25) is 0 Å². The van der Waals surface area contributed by atoms with Crippen LogP contribution in [0.5, 0.6) is 0 Å². The van der Waals surface area contributed by atoms with Gasteiger partial charge in [-0.3, -0.25) is 0 Å². The minimum Gasteiger partial charge on any atom is -0.396 e. The van der Waals surface area contributed by atoms with Crippen molar-refractivity contribution >= 4 is 23.3 Å². The van der Waals surface area contributed by atoms with E-state index < -0.39 is 0 Å². The first kappa shape index (κ1) is 20.9. The SMILES string of the molecule is CC1=C(c2ccccc2)CC(C)(C)C1.NC1CCCCC1.NC=S. The van der Waals surface area contributed by atoms with Crippen molar-refractivity contribution in [1.82, 2.24) is 0 Å². The van der Waals surface area contributed by atoms with Gasteiger partial charge in [0.2, 0.25) is 0 Å². The second-order valence-corrected chi connectivity index (χ2v) is 7.95. The molecule has 0 atom stereocenters. The molecule has 2 nitrogen and oxygen atoms in total. The van der Waals surface area contributed by atoms with Gasteiger partial charge in [0.1, 0.15) is 0 Å². The summed E-state index contributed by atoms with van der Waals surface area (Å²) in [5.74, 6) is 0. The lowest BCUT2D eigenvalue weighted by Gasteiger charge is -2.17. The van der Waals surface area contributed by atoms with E-state index >= 15 is 0 Å². The second-order valence-electron chi connectivity index (χ2n) is 7.68. The third-order valence-corrected chi connectivity index (χ3v) is 4.69. The summed E-state index contributed by atoms with van der Waals surface area (Å²) in [7, 11) is 0. The lowest BCUT2D eigenvalue weighted by Crippen LogP contribution is -2.22. The predicted molar refractivity (Wildman–Crippen MR) is 111 cm³/mol. The predicted octanol–water partition coefficient (Wildman–Crippen LogP) is 5.46. The van der Waals surface area contributed by atoms with E-state index in [2.05, 4.69) is 69.1 Å². The van der Waals surface area contributed by atoms with Gasteiger partial charge in [-0.1, -0.05) is 81.2 Å². The number of nitrogens with two attached hydrogens (primary N) is 2. The summed E-state index contributed by atoms with van der Waals surface area (Å²) in [5.41, 5.74) is 16.3. The molecule has 1 saturated carbocycles. The van der Waals surface area contributed by atoms with E-state index in [1.807, 2.05) is 0 Å². The fraction of sp³-hybridized carbons (Fsp3) is 0.571. The van der Waals surface area contributed by atoms with E-state index in [0.29, 0.717) is 11.5 Å². The summed E-state index contributed by atoms with van der Waals surface area (Å²) in [4.78, 5) is 0. The lowest BCUT2D eigenvalue weighted by atomic mass is 9.88. The average molecular weight is 347 g/mol. The van der Waals surface area contributed by atoms with Gasteiger partial charge in [0.25, 0.3) is 0 Å². The second kappa shape index (κ2) is 10.6. The van der Waals surface area contributed by atoms with Crippen molar-refractivity contribution in [3.63, 3.8) is 0 Å². The minimum absolute atomic E-state index is 0.468. The molecule has 3 heteroatoms. The summed E-state index contributed by atoms with van der Waals surface area (Å²) >= 11 is 4.05. The Morgan fingerprint density at radius 3 is 1.96 bits per heavy atom. The first-order chi connectivity index (χ1) is 11.4. The van der Waals surface area contributed by atoms with Crippen molar-refractivity contribution in [2.24, 2.45) is 16.9 Å². The number of hydrogen-bond donors (Lipinski definition) is 2. The van der Waals surface area contributed by atoms with Gasteiger partial charge in [-0.25, -0.2) is 0 Å². The van der Waals surface area contributed by atoms with Crippen molar-refractivity contribution in [3.8, 4) is 0 Å². The molecule has 0 radical (unpaired) electrons. The molecule has 0 saturated heterocycles. The lowest BCUT2D eigenvalue weighted by molar-refractivity contribution is 0.397. The zero-order valence-electron chi connectivity index (χ0n) is 15.6. The van der Waals surface area contributed by atoms with Gasteiger partial charge in [0.05, 0.1) is 5.49 Å². The van der Waals surface area contributed by atoms with Gasteiger partial charge in [-0.2, -0.15) is 0 Å². The van der Waals surface area contributed by atoms with Crippen LogP contribution in [-0.2, 0) is 0 Å². The normalized spacial score (nSPS) is 19.7. The van der Waals surface area contributed by atoms with E-state index in [-0.39, 0.29) is 0 Å². The molecule has 1 aromatic rings. The van der Waals surface area contributed by atoms with Crippen molar-refractivity contribution in [1.29, 1.82) is 0 Å². The van der Waals surface area contributed by atoms with Crippen LogP contribution < -0.4 is 11.5 Å². The molecular weight excluding hydrogens is 312 g/mol. The molecular formula is C21H34N2S. The number of hydrogen-bond acceptors (Lipinski definition) is 2. The van der Waals surface area contributed by atoms with Crippen LogP contribution in [0.3, 0.4) is 0 Å². The highest BCUT2D eigenvalue weighted by molar-refractivity contribution is 7.78. The van der Waals surface area contributed by atoms with Gasteiger partial charge in [-0.15, -0.1) is 0 Å². The molecule has 0 unspecified atom stereocenters. The summed E-state index contributed by atoms with van der Waals surface area (Å²) in [6.45, 7) is 6.98. The highest BCUT2D eigenvalue weighted by Crippen LogP contribution is 2.45. The standard InChI is InChI=1S/C14H18.C6H13N.CH3NS/c1-11-9-14(2,3)10-13(11)12-7-5-4-6-8-12;7-6-4-2-1-3-5-6;2-1-3/h4-8H,9-10H2,1-3H3;6H,1-5,7H2;1H,(H2,2,3). The van der Waals surface area contributed by atoms with Crippen LogP contribution in [0.15, 0.2) is 35.9 Å². The highest BCUT2D eigenvalue weighted by atomic mass is 32.1. The van der Waals surface area contributed by atoms with Crippen LogP contribution in [0.1, 0.15) is 71.3 Å². The molecule has 134 valence electrons. The van der Waals surface area contributed by atoms with Crippen LogP contribution >= 0.6 is 12.2 Å². The van der Waals surface area contributed by atoms with Crippen molar-refractivity contribution in [2.75, 3.05) is 0 Å². The summed E-state index contributed by atoms with van der Waals surface area (Å²) in [6.07, 6.45) is 9.14. The van der Waals surface area contributed by atoms with E-state index in [1.165, 1.54) is 50.5 Å². The topological polar surface area (TPSA) is 52.0 Å². The van der Waals surface area contributed by atoms with Gasteiger partial charge in [-0.05, 0) is 49.2 Å². The van der Waals surface area contributed by atoms with Gasteiger partial charge in [0, 0.05) is 6.04 Å². The smallest absolute Gasteiger partial charge is 0.0588 e. The quantitative estimate of drug-likeness (QED) is 0.664. The third-order valence-electron chi connectivity index (χ3n) is 4.69. The molecule has 4 N–H and O–H groups in total. The molecule has 0 heterocycles. The summed E-state index contributed by atoms with van der Waals surface area (Å²) in [5, 5.41) is 0. The van der Waals surface area contributed by atoms with Crippen LogP contribution in [0, 0.1) is 5.41 Å². The number of allylic oxidation sites excluding steroid dienone is 2. The van der Waals surface area contributed by atoms with E-state index in [0.717, 1.165) is 5.49 Å². The first-order valence-corrected chi connectivity index (χ1v) is 9.52. The van der Waals surface area contributed by atoms with Gasteiger partial charge >= 0.3 is 0 Å². The Hall–Kier alpha value is -1.19. The zero-order valence-corrected chi connectivity index (χ0v) is 16.4. The number of rotatable bonds is 1. The van der Waals surface area contributed by atoms with Crippen LogP contribution in [-0.4, -0.2) is 11.5 Å². The van der Waals surface area contributed by atoms with Crippen molar-refractivity contribution in [2.45, 2.75) is 71.8 Å². The molecule has 2 aliphatic carbocycles. The first-order valence-electron chi connectivity index (χ1n) is 9.04. The maximum absolute atomic E-state index is 5.63. The molecule has 2 aliphatic rings. The summed E-state index contributed by atoms with van der Waals surface area (Å²) < 4.78 is 0. The van der Waals surface area contributed by atoms with Crippen LogP contribution in [0.25, 0.3) is 5.57 Å². The van der Waals surface area contributed by atoms with Crippen molar-refractivity contribution < 1.29 is 0 Å². The van der Waals surface area contributed by atoms with E-state index in [4.69, 9.17) is 5.73 Å². The third kappa shape index (κ3) is 7.59. The molecule has 0 aliphatic heterocycles. The Labute approximate surface area is 153 Å². The fourth-order valence-electron chi connectivity index (χ4n) is 3.64. The molecule has 24 heavy (non-hydrogen) atoms. The minimum atomic E-state index is 0.468. The van der Waals surface area contributed by atoms with Crippen LogP contribution in [0.4, 0.5) is 0 Å². The molecule has 1 aromatic carbocycles. The molecule has 0 spiro atoms. The molecule has 0 aromatic heterocycles. The zero-order chi connectivity index (χ0) is 18.0. The summed E-state index contributed by atoms with van der Waals surface area (Å²) in [6, 6.07) is 11.3. The maximum atomic E-state index is 5.63. The largest absolute Gasteiger partial charge is 0.396 e. The Bertz CT molecular complexity index is 514. The molecule has 0 amide bonds. The monoisotopic (exact) mass is 346 g/mol. The maximum Gasteiger partial charge on any atom is 0.0588 e. The highest BCUT2D eigenvalue weighted by Gasteiger charge is 2.28. The number of benzene rings is 1. The molecule has 3 rings (SSSR count). The van der Waals surface area contributed by atoms with E-state index in [9.17, 15) is 0 Å². The Morgan fingerprint density at radius 2 is 1.58 bits per heavy atom. The van der Waals surface area contributed by atoms with Gasteiger partial charge in [0.15, 0.2) is 0 Å². The average Bonchev–Trinajstić information content (AvgIpc) is 2.83. The Kier molecular flexibility index (Phi) is 9.24.